The fourth-order valence-electron chi connectivity index (χ4n) is 1.08. The van der Waals surface area contributed by atoms with Crippen molar-refractivity contribution < 1.29 is 23.6 Å². The van der Waals surface area contributed by atoms with Gasteiger partial charge in [-0.3, -0.25) is 14.9 Å². The number of nitrogens with zero attached hydrogens (tertiary/aromatic N) is 1. The molecule has 0 saturated heterocycles. The smallest absolute Gasteiger partial charge is 0.322 e. The van der Waals surface area contributed by atoms with Gasteiger partial charge in [-0.25, -0.2) is 4.39 Å². The van der Waals surface area contributed by atoms with Crippen LogP contribution in [0.3, 0.4) is 0 Å². The van der Waals surface area contributed by atoms with E-state index >= 15 is 0 Å². The Morgan fingerprint density at radius 1 is 1.61 bits per heavy atom. The average Bonchev–Trinajstić information content (AvgIpc) is 2.35. The maximum absolute atomic E-state index is 13.4. The zero-order chi connectivity index (χ0) is 13.7. The molecule has 0 aliphatic carbocycles. The molecule has 8 heteroatoms. The molecule has 18 heavy (non-hydrogen) atoms. The largest absolute Gasteiger partial charge is 0.489 e. The molecule has 1 aromatic carbocycles. The van der Waals surface area contributed by atoms with Crippen LogP contribution >= 0.6 is 15.9 Å². The molecule has 1 aromatic rings. The van der Waals surface area contributed by atoms with Gasteiger partial charge in [-0.1, -0.05) is 15.9 Å². The topological polar surface area (TPSA) is 78.7 Å². The molecule has 1 atom stereocenters. The Morgan fingerprint density at radius 2 is 2.28 bits per heavy atom. The van der Waals surface area contributed by atoms with Gasteiger partial charge < -0.3 is 9.47 Å². The number of methoxy groups -OCH3 is 1. The van der Waals surface area contributed by atoms with Crippen molar-refractivity contribution in [2.24, 2.45) is 0 Å². The van der Waals surface area contributed by atoms with Crippen LogP contribution in [0.5, 0.6) is 5.75 Å². The first-order chi connectivity index (χ1) is 8.45. The summed E-state index contributed by atoms with van der Waals surface area (Å²) >= 11 is 2.99. The van der Waals surface area contributed by atoms with E-state index in [1.165, 1.54) is 7.11 Å². The average molecular weight is 322 g/mol. The number of non-ortho nitro benzene ring substituents is 1. The van der Waals surface area contributed by atoms with Crippen LogP contribution in [-0.4, -0.2) is 29.4 Å². The fourth-order valence-corrected chi connectivity index (χ4v) is 1.40. The molecule has 0 radical (unpaired) electrons. The Balaban J connectivity index is 2.69. The lowest BCUT2D eigenvalue weighted by Gasteiger charge is -2.10. The highest BCUT2D eigenvalue weighted by Crippen LogP contribution is 2.23. The highest BCUT2D eigenvalue weighted by molar-refractivity contribution is 9.10. The van der Waals surface area contributed by atoms with Crippen LogP contribution in [0.1, 0.15) is 0 Å². The zero-order valence-corrected chi connectivity index (χ0v) is 10.8. The van der Waals surface area contributed by atoms with Crippen molar-refractivity contribution in [3.05, 3.63) is 34.1 Å². The number of nitro groups is 1. The maximum Gasteiger partial charge on any atom is 0.322 e. The van der Waals surface area contributed by atoms with E-state index in [0.29, 0.717) is 0 Å². The maximum atomic E-state index is 13.4. The number of carbonyl (C=O) groups is 1. The minimum absolute atomic E-state index is 0.151. The lowest BCUT2D eigenvalue weighted by molar-refractivity contribution is -0.385. The number of rotatable bonds is 5. The SMILES string of the molecule is COC(=O)C(Br)COc1ccc([N+](=O)[O-])cc1F. The van der Waals surface area contributed by atoms with Crippen LogP contribution in [0.25, 0.3) is 0 Å². The number of esters is 1. The summed E-state index contributed by atoms with van der Waals surface area (Å²) in [5.41, 5.74) is -0.372. The number of benzene rings is 1. The van der Waals surface area contributed by atoms with Crippen molar-refractivity contribution in [2.75, 3.05) is 13.7 Å². The predicted molar refractivity (Wildman–Crippen MR) is 63.3 cm³/mol. The number of hydrogen-bond acceptors (Lipinski definition) is 5. The number of halogens is 2. The van der Waals surface area contributed by atoms with Gasteiger partial charge in [0.05, 0.1) is 18.1 Å². The molecule has 0 bridgehead atoms. The second-order valence-electron chi connectivity index (χ2n) is 3.17. The van der Waals surface area contributed by atoms with E-state index in [-0.39, 0.29) is 18.0 Å². The molecule has 0 spiro atoms. The third kappa shape index (κ3) is 3.66. The van der Waals surface area contributed by atoms with E-state index in [0.717, 1.165) is 18.2 Å². The van der Waals surface area contributed by atoms with Crippen molar-refractivity contribution in [2.45, 2.75) is 4.83 Å². The molecule has 0 fully saturated rings. The number of alkyl halides is 1. The lowest BCUT2D eigenvalue weighted by atomic mass is 10.3. The summed E-state index contributed by atoms with van der Waals surface area (Å²) in [5, 5.41) is 10.4. The summed E-state index contributed by atoms with van der Waals surface area (Å²) in [7, 11) is 1.21. The Morgan fingerprint density at radius 3 is 2.78 bits per heavy atom. The molecule has 0 aliphatic heterocycles. The van der Waals surface area contributed by atoms with Gasteiger partial charge in [-0.2, -0.15) is 0 Å². The molecule has 0 amide bonds. The van der Waals surface area contributed by atoms with Gasteiger partial charge in [-0.15, -0.1) is 0 Å². The van der Waals surface area contributed by atoms with Crippen LogP contribution < -0.4 is 4.74 Å². The zero-order valence-electron chi connectivity index (χ0n) is 9.26. The monoisotopic (exact) mass is 321 g/mol. The minimum Gasteiger partial charge on any atom is -0.489 e. The Labute approximate surface area is 110 Å². The summed E-state index contributed by atoms with van der Waals surface area (Å²) in [6, 6.07) is 2.99. The van der Waals surface area contributed by atoms with E-state index in [9.17, 15) is 19.3 Å². The second kappa shape index (κ2) is 6.29. The van der Waals surface area contributed by atoms with Gasteiger partial charge >= 0.3 is 5.97 Å². The molecular formula is C10H9BrFNO5. The van der Waals surface area contributed by atoms with Crippen LogP contribution in [-0.2, 0) is 9.53 Å². The molecular weight excluding hydrogens is 313 g/mol. The van der Waals surface area contributed by atoms with E-state index in [2.05, 4.69) is 20.7 Å². The molecule has 0 aromatic heterocycles. The quantitative estimate of drug-likeness (QED) is 0.359. The highest BCUT2D eigenvalue weighted by Gasteiger charge is 2.18. The summed E-state index contributed by atoms with van der Waals surface area (Å²) < 4.78 is 22.8. The normalized spacial score (nSPS) is 11.7. The van der Waals surface area contributed by atoms with Crippen LogP contribution in [0.4, 0.5) is 10.1 Å². The van der Waals surface area contributed by atoms with Crippen molar-refractivity contribution in [3.8, 4) is 5.75 Å². The minimum atomic E-state index is -0.867. The first-order valence-electron chi connectivity index (χ1n) is 4.74. The summed E-state index contributed by atoms with van der Waals surface area (Å²) in [6.07, 6.45) is 0. The Kier molecular flexibility index (Phi) is 5.02. The van der Waals surface area contributed by atoms with Crippen molar-refractivity contribution in [1.82, 2.24) is 0 Å². The summed E-state index contributed by atoms with van der Waals surface area (Å²) in [5.74, 6) is -1.60. The second-order valence-corrected chi connectivity index (χ2v) is 4.28. The van der Waals surface area contributed by atoms with Gasteiger partial charge in [-0.05, 0) is 6.07 Å². The Hall–Kier alpha value is -1.70. The standard InChI is InChI=1S/C10H9BrFNO5/c1-17-10(14)7(11)5-18-9-3-2-6(13(15)16)4-8(9)12/h2-4,7H,5H2,1H3. The fraction of sp³-hybridized carbons (Fsp3) is 0.300. The third-order valence-electron chi connectivity index (χ3n) is 1.97. The molecule has 0 N–H and O–H groups in total. The Bertz CT molecular complexity index is 468. The number of hydrogen-bond donors (Lipinski definition) is 0. The van der Waals surface area contributed by atoms with Crippen molar-refractivity contribution in [3.63, 3.8) is 0 Å². The van der Waals surface area contributed by atoms with Crippen LogP contribution in [0.15, 0.2) is 18.2 Å². The molecule has 6 nitrogen and oxygen atoms in total. The first kappa shape index (κ1) is 14.4. The molecule has 1 unspecified atom stereocenters. The van der Waals surface area contributed by atoms with E-state index in [1.807, 2.05) is 0 Å². The van der Waals surface area contributed by atoms with E-state index in [1.54, 1.807) is 0 Å². The van der Waals surface area contributed by atoms with Gasteiger partial charge in [0.2, 0.25) is 0 Å². The molecule has 0 saturated carbocycles. The van der Waals surface area contributed by atoms with Gasteiger partial charge in [0.25, 0.3) is 5.69 Å². The first-order valence-corrected chi connectivity index (χ1v) is 5.66. The van der Waals surface area contributed by atoms with E-state index < -0.39 is 21.5 Å². The van der Waals surface area contributed by atoms with Crippen LogP contribution in [0, 0.1) is 15.9 Å². The van der Waals surface area contributed by atoms with E-state index in [4.69, 9.17) is 4.74 Å². The summed E-state index contributed by atoms with van der Waals surface area (Å²) in [4.78, 5) is 20.0. The number of carbonyl (C=O) groups excluding carboxylic acids is 1. The van der Waals surface area contributed by atoms with Gasteiger partial charge in [0.1, 0.15) is 11.4 Å². The highest BCUT2D eigenvalue weighted by atomic mass is 79.9. The third-order valence-corrected chi connectivity index (χ3v) is 2.61. The van der Waals surface area contributed by atoms with Gasteiger partial charge in [0, 0.05) is 6.07 Å². The van der Waals surface area contributed by atoms with Crippen LogP contribution in [0.2, 0.25) is 0 Å². The molecule has 98 valence electrons. The number of nitro benzene ring substituents is 1. The molecule has 0 heterocycles. The predicted octanol–water partition coefficient (Wildman–Crippen LogP) is 2.05. The summed E-state index contributed by atoms with van der Waals surface area (Å²) in [6.45, 7) is -0.151. The molecule has 1 rings (SSSR count). The molecule has 0 aliphatic rings. The number of ether oxygens (including phenoxy) is 2. The lowest BCUT2D eigenvalue weighted by Crippen LogP contribution is -2.23. The van der Waals surface area contributed by atoms with Crippen molar-refractivity contribution >= 4 is 27.6 Å². The van der Waals surface area contributed by atoms with Crippen molar-refractivity contribution in [1.29, 1.82) is 0 Å². The van der Waals surface area contributed by atoms with Gasteiger partial charge in [0.15, 0.2) is 11.6 Å².